The number of hydrogen-bond donors (Lipinski definition) is 0. The average molecular weight is 1070 g/mol. The SMILES string of the molecule is N#Cc1c(-c2ccccc2)c(C#N)c(-n2c3c(ccc4c5ccccc5sc43)c3c(-c4ccccc4)cc4c5ccccc5sc4c32)c(-c2ccccc2)c1-n1c2ccccc2c2cc(-c3cccc4oc5ccccc5c34)ccc21. The van der Waals surface area contributed by atoms with Gasteiger partial charge in [0, 0.05) is 74.4 Å². The third kappa shape index (κ3) is 6.45. The van der Waals surface area contributed by atoms with Gasteiger partial charge in [0.05, 0.1) is 54.0 Å². The van der Waals surface area contributed by atoms with Crippen LogP contribution in [0.5, 0.6) is 0 Å². The van der Waals surface area contributed by atoms with Crippen molar-refractivity contribution in [2.45, 2.75) is 0 Å². The Balaban J connectivity index is 1.12. The summed E-state index contributed by atoms with van der Waals surface area (Å²) >= 11 is 3.59. The highest BCUT2D eigenvalue weighted by molar-refractivity contribution is 7.27. The highest BCUT2D eigenvalue weighted by atomic mass is 32.1. The first kappa shape index (κ1) is 45.5. The number of fused-ring (bicyclic) bond motifs is 17. The number of thiophene rings is 2. The van der Waals surface area contributed by atoms with Gasteiger partial charge in [0.15, 0.2) is 0 Å². The number of benzene rings is 12. The Hall–Kier alpha value is -10.5. The van der Waals surface area contributed by atoms with E-state index in [4.69, 9.17) is 4.42 Å². The van der Waals surface area contributed by atoms with Gasteiger partial charge in [-0.15, -0.1) is 22.7 Å². The topological polar surface area (TPSA) is 70.6 Å². The molecule has 17 rings (SSSR count). The van der Waals surface area contributed by atoms with E-state index in [1.807, 2.05) is 54.6 Å². The maximum absolute atomic E-state index is 12.4. The molecule has 17 aromatic rings. The second-order valence-electron chi connectivity index (χ2n) is 20.8. The van der Waals surface area contributed by atoms with Crippen LogP contribution in [0.1, 0.15) is 11.1 Å². The number of hydrogen-bond acceptors (Lipinski definition) is 5. The third-order valence-corrected chi connectivity index (χ3v) is 19.0. The number of nitrogens with zero attached hydrogens (tertiary/aromatic N) is 4. The number of furan rings is 1. The molecular weight excluding hydrogens is 1020 g/mol. The van der Waals surface area contributed by atoms with Gasteiger partial charge in [-0.2, -0.15) is 10.5 Å². The van der Waals surface area contributed by atoms with Crippen LogP contribution in [0.2, 0.25) is 0 Å². The van der Waals surface area contributed by atoms with Crippen LogP contribution in [0, 0.1) is 22.7 Å². The van der Waals surface area contributed by atoms with Crippen molar-refractivity contribution in [2.75, 3.05) is 0 Å². The molecule has 0 saturated carbocycles. The van der Waals surface area contributed by atoms with Crippen molar-refractivity contribution in [3.63, 3.8) is 0 Å². The summed E-state index contributed by atoms with van der Waals surface area (Å²) in [6.07, 6.45) is 0. The summed E-state index contributed by atoms with van der Waals surface area (Å²) in [5.41, 5.74) is 15.2. The Labute approximate surface area is 471 Å². The minimum Gasteiger partial charge on any atom is -0.456 e. The van der Waals surface area contributed by atoms with Crippen molar-refractivity contribution >= 4 is 129 Å². The smallest absolute Gasteiger partial charge is 0.136 e. The quantitative estimate of drug-likeness (QED) is 0.167. The first-order valence-corrected chi connectivity index (χ1v) is 28.7. The highest BCUT2D eigenvalue weighted by Crippen LogP contribution is 2.54. The van der Waals surface area contributed by atoms with Crippen LogP contribution in [0.4, 0.5) is 0 Å². The molecule has 0 N–H and O–H groups in total. The second kappa shape index (κ2) is 17.5. The van der Waals surface area contributed by atoms with E-state index in [2.05, 4.69) is 209 Å². The monoisotopic (exact) mass is 1060 g/mol. The van der Waals surface area contributed by atoms with Gasteiger partial charge in [0.2, 0.25) is 0 Å². The summed E-state index contributed by atoms with van der Waals surface area (Å²) < 4.78 is 15.8. The summed E-state index contributed by atoms with van der Waals surface area (Å²) in [6, 6.07) is 91.2. The zero-order valence-electron chi connectivity index (χ0n) is 43.1. The lowest BCUT2D eigenvalue weighted by molar-refractivity contribution is 0.669. The third-order valence-electron chi connectivity index (χ3n) is 16.6. The lowest BCUT2D eigenvalue weighted by Crippen LogP contribution is -2.11. The average Bonchev–Trinajstić information content (AvgIpc) is 3.08. The number of rotatable bonds is 6. The maximum Gasteiger partial charge on any atom is 0.136 e. The van der Waals surface area contributed by atoms with E-state index in [1.54, 1.807) is 22.7 Å². The van der Waals surface area contributed by atoms with Crippen molar-refractivity contribution in [3.8, 4) is 68.0 Å². The minimum absolute atomic E-state index is 0.409. The predicted octanol–water partition coefficient (Wildman–Crippen LogP) is 20.9. The van der Waals surface area contributed by atoms with Crippen molar-refractivity contribution in [3.05, 3.63) is 254 Å². The molecule has 0 bridgehead atoms. The first-order valence-electron chi connectivity index (χ1n) is 27.0. The van der Waals surface area contributed by atoms with E-state index in [1.165, 1.54) is 20.2 Å². The highest BCUT2D eigenvalue weighted by Gasteiger charge is 2.34. The summed E-state index contributed by atoms with van der Waals surface area (Å²) in [7, 11) is 0. The molecule has 12 aromatic carbocycles. The second-order valence-corrected chi connectivity index (χ2v) is 22.9. The molecule has 5 aromatic heterocycles. The van der Waals surface area contributed by atoms with Crippen molar-refractivity contribution in [1.29, 1.82) is 10.5 Å². The first-order chi connectivity index (χ1) is 40.1. The van der Waals surface area contributed by atoms with Crippen LogP contribution in [0.15, 0.2) is 247 Å². The van der Waals surface area contributed by atoms with Crippen LogP contribution in [-0.2, 0) is 0 Å². The Kier molecular flexibility index (Phi) is 9.82. The molecular formula is C74H40N4OS2. The van der Waals surface area contributed by atoms with Gasteiger partial charge in [0.25, 0.3) is 0 Å². The van der Waals surface area contributed by atoms with E-state index in [-0.39, 0.29) is 0 Å². The summed E-state index contributed by atoms with van der Waals surface area (Å²) in [5.74, 6) is 0. The standard InChI is InChI=1S/C74H40N4OS2/c75-41-57-65(44-21-6-2-7-22-44)58(42-76)70(78-71-53(37-36-51-49-26-12-16-33-63(49)80-73(51)71)68-54(43-19-4-1-5-20-43)40-56-50-27-13-17-34-64(50)81-74(56)72(68)78)66(45-23-8-3-9-24-45)69(57)77-59-30-14-10-25-48(59)55-39-46(35-38-60(55)77)47-29-18-32-62-67(47)52-28-11-15-31-61(52)79-62/h1-40H. The summed E-state index contributed by atoms with van der Waals surface area (Å²) in [6.45, 7) is 0. The van der Waals surface area contributed by atoms with Crippen LogP contribution in [0.3, 0.4) is 0 Å². The fourth-order valence-electron chi connectivity index (χ4n) is 13.3. The van der Waals surface area contributed by atoms with E-state index in [9.17, 15) is 10.5 Å². The normalized spacial score (nSPS) is 11.9. The Bertz CT molecular complexity index is 5610. The molecule has 0 saturated heterocycles. The van der Waals surface area contributed by atoms with Crippen molar-refractivity contribution < 1.29 is 4.42 Å². The van der Waals surface area contributed by atoms with Gasteiger partial charge >= 0.3 is 0 Å². The molecule has 0 aliphatic heterocycles. The molecule has 0 aliphatic carbocycles. The number of para-hydroxylation sites is 2. The molecule has 0 unspecified atom stereocenters. The molecule has 5 heterocycles. The molecule has 5 nitrogen and oxygen atoms in total. The summed E-state index contributed by atoms with van der Waals surface area (Å²) in [4.78, 5) is 0. The van der Waals surface area contributed by atoms with Crippen LogP contribution in [0.25, 0.3) is 162 Å². The predicted molar refractivity (Wildman–Crippen MR) is 339 cm³/mol. The molecule has 0 fully saturated rings. The maximum atomic E-state index is 12.4. The van der Waals surface area contributed by atoms with Gasteiger partial charge in [-0.05, 0) is 81.9 Å². The Morgan fingerprint density at radius 1 is 0.333 bits per heavy atom. The fourth-order valence-corrected chi connectivity index (χ4v) is 15.7. The van der Waals surface area contributed by atoms with Gasteiger partial charge in [-0.3, -0.25) is 0 Å². The van der Waals surface area contributed by atoms with Gasteiger partial charge in [0.1, 0.15) is 23.3 Å². The lowest BCUT2D eigenvalue weighted by atomic mass is 9.86. The van der Waals surface area contributed by atoms with E-state index >= 15 is 0 Å². The Morgan fingerprint density at radius 2 is 0.877 bits per heavy atom. The zero-order chi connectivity index (χ0) is 53.4. The molecule has 7 heteroatoms. The molecule has 0 atom stereocenters. The van der Waals surface area contributed by atoms with Crippen LogP contribution < -0.4 is 0 Å². The van der Waals surface area contributed by atoms with E-state index in [0.717, 1.165) is 125 Å². The minimum atomic E-state index is 0.409. The largest absolute Gasteiger partial charge is 0.456 e. The molecule has 0 amide bonds. The van der Waals surface area contributed by atoms with Crippen LogP contribution >= 0.6 is 22.7 Å². The van der Waals surface area contributed by atoms with Crippen molar-refractivity contribution in [2.24, 2.45) is 0 Å². The van der Waals surface area contributed by atoms with Gasteiger partial charge < -0.3 is 13.6 Å². The molecule has 81 heavy (non-hydrogen) atoms. The number of nitriles is 2. The lowest BCUT2D eigenvalue weighted by Gasteiger charge is -2.25. The van der Waals surface area contributed by atoms with Gasteiger partial charge in [-0.1, -0.05) is 194 Å². The van der Waals surface area contributed by atoms with Gasteiger partial charge in [-0.25, -0.2) is 0 Å². The molecule has 0 spiro atoms. The van der Waals surface area contributed by atoms with Crippen LogP contribution in [-0.4, -0.2) is 9.13 Å². The molecule has 0 aliphatic rings. The van der Waals surface area contributed by atoms with Crippen molar-refractivity contribution in [1.82, 2.24) is 9.13 Å². The zero-order valence-corrected chi connectivity index (χ0v) is 44.7. The van der Waals surface area contributed by atoms with E-state index in [0.29, 0.717) is 28.1 Å². The summed E-state index contributed by atoms with van der Waals surface area (Å²) in [5, 5.41) is 35.7. The molecule has 374 valence electrons. The van der Waals surface area contributed by atoms with E-state index < -0.39 is 0 Å². The number of aromatic nitrogens is 2. The Morgan fingerprint density at radius 3 is 1.58 bits per heavy atom. The molecule has 0 radical (unpaired) electrons. The fraction of sp³-hybridized carbons (Fsp3) is 0.